The summed E-state index contributed by atoms with van der Waals surface area (Å²) in [6.07, 6.45) is 4.20. The molecule has 2 N–H and O–H groups in total. The minimum absolute atomic E-state index is 0.0276. The predicted molar refractivity (Wildman–Crippen MR) is 156 cm³/mol. The van der Waals surface area contributed by atoms with E-state index in [-0.39, 0.29) is 23.5 Å². The summed E-state index contributed by atoms with van der Waals surface area (Å²) >= 11 is 6.47. The van der Waals surface area contributed by atoms with Crippen LogP contribution in [0.5, 0.6) is 5.75 Å². The number of hydrogen-bond acceptors (Lipinski definition) is 4. The zero-order valence-electron chi connectivity index (χ0n) is 22.8. The van der Waals surface area contributed by atoms with Gasteiger partial charge in [0.05, 0.1) is 17.3 Å². The molecule has 3 aromatic carbocycles. The van der Waals surface area contributed by atoms with Crippen LogP contribution >= 0.6 is 11.6 Å². The van der Waals surface area contributed by atoms with Gasteiger partial charge in [-0.2, -0.15) is 5.10 Å². The minimum atomic E-state index is -0.195. The fraction of sp³-hybridized carbons (Fsp3) is 0.375. The molecule has 1 atom stereocenters. The lowest BCUT2D eigenvalue weighted by Gasteiger charge is -2.43. The molecule has 2 aliphatic heterocycles. The maximum atomic E-state index is 13.4. The van der Waals surface area contributed by atoms with Crippen LogP contribution in [0.25, 0.3) is 22.2 Å². The van der Waals surface area contributed by atoms with Crippen molar-refractivity contribution in [3.63, 3.8) is 0 Å². The van der Waals surface area contributed by atoms with Crippen molar-refractivity contribution in [3.8, 4) is 17.0 Å². The molecule has 3 heterocycles. The molecule has 0 saturated carbocycles. The highest BCUT2D eigenvalue weighted by molar-refractivity contribution is 6.31. The van der Waals surface area contributed by atoms with Gasteiger partial charge in [-0.05, 0) is 92.2 Å². The van der Waals surface area contributed by atoms with Gasteiger partial charge in [-0.1, -0.05) is 43.6 Å². The number of nitrogens with zero attached hydrogens (tertiary/aromatic N) is 2. The first-order chi connectivity index (χ1) is 18.8. The summed E-state index contributed by atoms with van der Waals surface area (Å²) in [5.41, 5.74) is 5.47. The molecule has 1 amide bonds. The van der Waals surface area contributed by atoms with E-state index in [1.165, 1.54) is 5.56 Å². The summed E-state index contributed by atoms with van der Waals surface area (Å²) in [5, 5.41) is 12.6. The molecule has 6 nitrogen and oxygen atoms in total. The molecule has 2 aliphatic rings. The quantitative estimate of drug-likeness (QED) is 0.291. The highest BCUT2D eigenvalue weighted by Gasteiger charge is 2.38. The van der Waals surface area contributed by atoms with Crippen LogP contribution in [0, 0.1) is 5.92 Å². The van der Waals surface area contributed by atoms with E-state index < -0.39 is 0 Å². The smallest absolute Gasteiger partial charge is 0.251 e. The topological polar surface area (TPSA) is 70.2 Å². The molecule has 1 fully saturated rings. The molecule has 0 bridgehead atoms. The van der Waals surface area contributed by atoms with Gasteiger partial charge in [0.1, 0.15) is 11.4 Å². The van der Waals surface area contributed by atoms with Gasteiger partial charge in [-0.3, -0.25) is 9.89 Å². The molecule has 4 aromatic rings. The van der Waals surface area contributed by atoms with Gasteiger partial charge in [0.2, 0.25) is 0 Å². The lowest BCUT2D eigenvalue weighted by atomic mass is 9.83. The SMILES string of the molecule is CC(C)C(NC(=O)c1ccc2[nH]nc(-c3ccc4c(c3)CCC3(CCN(C)CC3)O4)c2c1)c1ccccc1Cl. The number of aromatic nitrogens is 2. The lowest BCUT2D eigenvalue weighted by molar-refractivity contribution is -0.00874. The van der Waals surface area contributed by atoms with E-state index in [1.807, 2.05) is 42.5 Å². The molecule has 1 aromatic heterocycles. The Hall–Kier alpha value is -3.35. The van der Waals surface area contributed by atoms with Crippen LogP contribution in [0.2, 0.25) is 5.02 Å². The van der Waals surface area contributed by atoms with Crippen molar-refractivity contribution >= 4 is 28.4 Å². The average Bonchev–Trinajstić information content (AvgIpc) is 3.37. The molecule has 39 heavy (non-hydrogen) atoms. The standard InChI is InChI=1S/C32H35ClN4O2/c1-20(2)29(24-6-4-5-7-26(24)33)34-31(38)23-8-10-27-25(19-23)30(36-35-27)22-9-11-28-21(18-22)12-13-32(39-28)14-16-37(3)17-15-32/h4-11,18-20,29H,12-17H2,1-3H3,(H,34,38)(H,35,36). The van der Waals surface area contributed by atoms with Crippen molar-refractivity contribution in [1.82, 2.24) is 20.4 Å². The van der Waals surface area contributed by atoms with Gasteiger partial charge in [-0.25, -0.2) is 0 Å². The normalized spacial score (nSPS) is 17.7. The van der Waals surface area contributed by atoms with E-state index in [4.69, 9.17) is 16.3 Å². The van der Waals surface area contributed by atoms with E-state index >= 15 is 0 Å². The maximum absolute atomic E-state index is 13.4. The number of fused-ring (bicyclic) bond motifs is 2. The van der Waals surface area contributed by atoms with Gasteiger partial charge in [-0.15, -0.1) is 0 Å². The number of carbonyl (C=O) groups excluding carboxylic acids is 1. The maximum Gasteiger partial charge on any atom is 0.251 e. The largest absolute Gasteiger partial charge is 0.487 e. The Balaban J connectivity index is 1.26. The number of hydrogen-bond donors (Lipinski definition) is 2. The van der Waals surface area contributed by atoms with Crippen LogP contribution in [0.1, 0.15) is 60.6 Å². The summed E-state index contributed by atoms with van der Waals surface area (Å²) in [4.78, 5) is 15.8. The van der Waals surface area contributed by atoms with Crippen molar-refractivity contribution in [2.75, 3.05) is 20.1 Å². The number of carbonyl (C=O) groups is 1. The number of nitrogens with one attached hydrogen (secondary N) is 2. The molecular weight excluding hydrogens is 508 g/mol. The third-order valence-corrected chi connectivity index (χ3v) is 8.77. The Labute approximate surface area is 234 Å². The summed E-state index contributed by atoms with van der Waals surface area (Å²) in [6, 6.07) is 19.6. The molecule has 1 saturated heterocycles. The minimum Gasteiger partial charge on any atom is -0.487 e. The van der Waals surface area contributed by atoms with E-state index in [1.54, 1.807) is 0 Å². The number of likely N-dealkylation sites (tertiary alicyclic amines) is 1. The third-order valence-electron chi connectivity index (χ3n) is 8.43. The first kappa shape index (κ1) is 25.9. The Morgan fingerprint density at radius 1 is 1.08 bits per heavy atom. The Kier molecular flexibility index (Phi) is 6.86. The predicted octanol–water partition coefficient (Wildman–Crippen LogP) is 6.80. The van der Waals surface area contributed by atoms with Gasteiger partial charge in [0.25, 0.3) is 5.91 Å². The van der Waals surface area contributed by atoms with Crippen LogP contribution in [-0.2, 0) is 6.42 Å². The fourth-order valence-electron chi connectivity index (χ4n) is 5.98. The van der Waals surface area contributed by atoms with E-state index in [9.17, 15) is 4.79 Å². The highest BCUT2D eigenvalue weighted by atomic mass is 35.5. The van der Waals surface area contributed by atoms with Crippen molar-refractivity contribution in [3.05, 3.63) is 82.4 Å². The van der Waals surface area contributed by atoms with Crippen molar-refractivity contribution in [2.24, 2.45) is 5.92 Å². The average molecular weight is 543 g/mol. The van der Waals surface area contributed by atoms with Crippen LogP contribution in [0.15, 0.2) is 60.7 Å². The summed E-state index contributed by atoms with van der Waals surface area (Å²) < 4.78 is 6.60. The number of aromatic amines is 1. The number of aryl methyl sites for hydroxylation is 1. The number of amides is 1. The van der Waals surface area contributed by atoms with Crippen molar-refractivity contribution in [2.45, 2.75) is 51.2 Å². The Morgan fingerprint density at radius 3 is 2.64 bits per heavy atom. The first-order valence-electron chi connectivity index (χ1n) is 13.9. The fourth-order valence-corrected chi connectivity index (χ4v) is 6.23. The second-order valence-corrected chi connectivity index (χ2v) is 11.9. The Morgan fingerprint density at radius 2 is 1.87 bits per heavy atom. The lowest BCUT2D eigenvalue weighted by Crippen LogP contribution is -2.48. The monoisotopic (exact) mass is 542 g/mol. The highest BCUT2D eigenvalue weighted by Crippen LogP contribution is 2.41. The van der Waals surface area contributed by atoms with Crippen molar-refractivity contribution in [1.29, 1.82) is 0 Å². The van der Waals surface area contributed by atoms with Crippen molar-refractivity contribution < 1.29 is 9.53 Å². The summed E-state index contributed by atoms with van der Waals surface area (Å²) in [6.45, 7) is 6.33. The number of ether oxygens (including phenoxy) is 1. The molecule has 202 valence electrons. The first-order valence-corrected chi connectivity index (χ1v) is 14.2. The Bertz CT molecular complexity index is 1520. The molecule has 1 spiro atoms. The molecule has 0 radical (unpaired) electrons. The zero-order valence-corrected chi connectivity index (χ0v) is 23.5. The molecule has 6 rings (SSSR count). The van der Waals surface area contributed by atoms with Gasteiger partial charge < -0.3 is 15.0 Å². The summed E-state index contributed by atoms with van der Waals surface area (Å²) in [7, 11) is 2.18. The number of H-pyrrole nitrogens is 1. The second kappa shape index (κ2) is 10.3. The van der Waals surface area contributed by atoms with E-state index in [2.05, 4.69) is 59.5 Å². The summed E-state index contributed by atoms with van der Waals surface area (Å²) in [5.74, 6) is 1.03. The molecule has 1 unspecified atom stereocenters. The number of rotatable bonds is 5. The molecular formula is C32H35ClN4O2. The van der Waals surface area contributed by atoms with Crippen LogP contribution in [0.3, 0.4) is 0 Å². The third kappa shape index (κ3) is 5.04. The van der Waals surface area contributed by atoms with E-state index in [0.717, 1.165) is 72.2 Å². The van der Waals surface area contributed by atoms with Crippen LogP contribution in [0.4, 0.5) is 0 Å². The van der Waals surface area contributed by atoms with Gasteiger partial charge in [0.15, 0.2) is 0 Å². The zero-order chi connectivity index (χ0) is 27.1. The second-order valence-electron chi connectivity index (χ2n) is 11.5. The molecule has 0 aliphatic carbocycles. The van der Waals surface area contributed by atoms with E-state index in [0.29, 0.717) is 10.6 Å². The van der Waals surface area contributed by atoms with Gasteiger partial charge in [0, 0.05) is 34.6 Å². The van der Waals surface area contributed by atoms with Crippen LogP contribution < -0.4 is 10.1 Å². The van der Waals surface area contributed by atoms with Gasteiger partial charge >= 0.3 is 0 Å². The number of piperidine rings is 1. The van der Waals surface area contributed by atoms with Crippen LogP contribution in [-0.4, -0.2) is 46.7 Å². The molecule has 7 heteroatoms. The number of halogens is 1. The number of benzene rings is 3.